The highest BCUT2D eigenvalue weighted by atomic mass is 15.2. The van der Waals surface area contributed by atoms with Crippen molar-refractivity contribution in [2.75, 3.05) is 13.1 Å². The Morgan fingerprint density at radius 1 is 1.05 bits per heavy atom. The summed E-state index contributed by atoms with van der Waals surface area (Å²) in [5.74, 6) is 2.15. The molecular weight excluding hydrogens is 256 g/mol. The van der Waals surface area contributed by atoms with Crippen molar-refractivity contribution in [3.05, 3.63) is 35.4 Å². The van der Waals surface area contributed by atoms with Gasteiger partial charge in [0.05, 0.1) is 0 Å². The van der Waals surface area contributed by atoms with Gasteiger partial charge in [0.25, 0.3) is 0 Å². The van der Waals surface area contributed by atoms with Gasteiger partial charge in [-0.05, 0) is 55.1 Å². The molecule has 2 aliphatic rings. The summed E-state index contributed by atoms with van der Waals surface area (Å²) >= 11 is 0. The Balaban J connectivity index is 1.71. The lowest BCUT2D eigenvalue weighted by Gasteiger charge is -2.40. The molecule has 2 nitrogen and oxygen atoms in total. The highest BCUT2D eigenvalue weighted by Gasteiger charge is 2.36. The van der Waals surface area contributed by atoms with Crippen LogP contribution in [0.25, 0.3) is 0 Å². The van der Waals surface area contributed by atoms with Crippen LogP contribution in [0.1, 0.15) is 63.0 Å². The van der Waals surface area contributed by atoms with Crippen molar-refractivity contribution < 1.29 is 0 Å². The third-order valence-corrected chi connectivity index (χ3v) is 5.47. The lowest BCUT2D eigenvalue weighted by molar-refractivity contribution is 0.130. The molecule has 0 aromatic heterocycles. The molecule has 2 fully saturated rings. The zero-order valence-electron chi connectivity index (χ0n) is 13.8. The molecule has 0 spiro atoms. The largest absolute Gasteiger partial charge is 0.327 e. The molecule has 1 heterocycles. The summed E-state index contributed by atoms with van der Waals surface area (Å²) < 4.78 is 0. The predicted octanol–water partition coefficient (Wildman–Crippen LogP) is 3.73. The van der Waals surface area contributed by atoms with Crippen LogP contribution in [0.4, 0.5) is 0 Å². The van der Waals surface area contributed by atoms with Gasteiger partial charge < -0.3 is 5.73 Å². The lowest BCUT2D eigenvalue weighted by atomic mass is 9.86. The van der Waals surface area contributed by atoms with Crippen LogP contribution in [0, 0.1) is 5.92 Å². The van der Waals surface area contributed by atoms with Gasteiger partial charge in [0.1, 0.15) is 0 Å². The maximum absolute atomic E-state index is 6.35. The Hall–Kier alpha value is -0.860. The zero-order chi connectivity index (χ0) is 15.0. The van der Waals surface area contributed by atoms with E-state index in [0.29, 0.717) is 23.9 Å². The topological polar surface area (TPSA) is 29.3 Å². The number of nitrogens with zero attached hydrogens (tertiary/aromatic N) is 1. The van der Waals surface area contributed by atoms with Crippen molar-refractivity contribution in [1.29, 1.82) is 0 Å². The van der Waals surface area contributed by atoms with Crippen LogP contribution in [0.15, 0.2) is 24.3 Å². The van der Waals surface area contributed by atoms with Gasteiger partial charge in [-0.25, -0.2) is 0 Å². The second-order valence-corrected chi connectivity index (χ2v) is 7.55. The SMILES string of the molecule is CC(C)c1ccc(C2CC(N)CN(C(C)C3CC3)C2)cc1. The molecule has 1 aromatic carbocycles. The molecule has 3 atom stereocenters. The molecule has 2 heteroatoms. The van der Waals surface area contributed by atoms with Crippen LogP contribution >= 0.6 is 0 Å². The normalized spacial score (nSPS) is 28.8. The molecule has 1 saturated carbocycles. The van der Waals surface area contributed by atoms with E-state index in [4.69, 9.17) is 5.73 Å². The molecule has 0 amide bonds. The molecule has 1 aliphatic heterocycles. The molecule has 2 N–H and O–H groups in total. The molecule has 0 radical (unpaired) electrons. The Kier molecular flexibility index (Phi) is 4.37. The van der Waals surface area contributed by atoms with E-state index in [1.54, 1.807) is 0 Å². The van der Waals surface area contributed by atoms with Gasteiger partial charge in [-0.3, -0.25) is 4.90 Å². The van der Waals surface area contributed by atoms with Crippen LogP contribution < -0.4 is 5.73 Å². The van der Waals surface area contributed by atoms with E-state index < -0.39 is 0 Å². The molecule has 0 bridgehead atoms. The summed E-state index contributed by atoms with van der Waals surface area (Å²) in [6.07, 6.45) is 3.97. The van der Waals surface area contributed by atoms with Gasteiger partial charge in [-0.2, -0.15) is 0 Å². The summed E-state index contributed by atoms with van der Waals surface area (Å²) in [7, 11) is 0. The van der Waals surface area contributed by atoms with Crippen molar-refractivity contribution in [3.63, 3.8) is 0 Å². The van der Waals surface area contributed by atoms with Crippen LogP contribution in [0.3, 0.4) is 0 Å². The first-order valence-electron chi connectivity index (χ1n) is 8.64. The Morgan fingerprint density at radius 2 is 1.71 bits per heavy atom. The Bertz CT molecular complexity index is 461. The number of nitrogens with two attached hydrogens (primary N) is 1. The van der Waals surface area contributed by atoms with Gasteiger partial charge in [0, 0.05) is 25.2 Å². The van der Waals surface area contributed by atoms with Gasteiger partial charge >= 0.3 is 0 Å². The summed E-state index contributed by atoms with van der Waals surface area (Å²) in [6.45, 7) is 9.18. The standard InChI is InChI=1S/C19H30N2/c1-13(2)15-4-8-17(9-5-15)18-10-19(20)12-21(11-18)14(3)16-6-7-16/h4-5,8-9,13-14,16,18-19H,6-7,10-12,20H2,1-3H3. The smallest absolute Gasteiger partial charge is 0.0174 e. The van der Waals surface area contributed by atoms with E-state index in [0.717, 1.165) is 18.9 Å². The first-order valence-corrected chi connectivity index (χ1v) is 8.64. The minimum absolute atomic E-state index is 0.328. The number of likely N-dealkylation sites (tertiary alicyclic amines) is 1. The summed E-state index contributed by atoms with van der Waals surface area (Å²) in [6, 6.07) is 10.3. The first-order chi connectivity index (χ1) is 10.0. The Labute approximate surface area is 129 Å². The first kappa shape index (κ1) is 15.1. The fourth-order valence-corrected chi connectivity index (χ4v) is 3.78. The average Bonchev–Trinajstić information content (AvgIpc) is 3.30. The molecule has 21 heavy (non-hydrogen) atoms. The van der Waals surface area contributed by atoms with Gasteiger partial charge in [0.15, 0.2) is 0 Å². The monoisotopic (exact) mass is 286 g/mol. The maximum atomic E-state index is 6.35. The fraction of sp³-hybridized carbons (Fsp3) is 0.684. The lowest BCUT2D eigenvalue weighted by Crippen LogP contribution is -2.50. The number of piperidine rings is 1. The van der Waals surface area contributed by atoms with Gasteiger partial charge in [-0.1, -0.05) is 38.1 Å². The van der Waals surface area contributed by atoms with Crippen LogP contribution in [0.2, 0.25) is 0 Å². The number of hydrogen-bond acceptors (Lipinski definition) is 2. The highest BCUT2D eigenvalue weighted by Crippen LogP contribution is 2.37. The van der Waals surface area contributed by atoms with Crippen molar-refractivity contribution in [2.24, 2.45) is 11.7 Å². The fourth-order valence-electron chi connectivity index (χ4n) is 3.78. The number of rotatable bonds is 4. The van der Waals surface area contributed by atoms with Crippen molar-refractivity contribution >= 4 is 0 Å². The maximum Gasteiger partial charge on any atom is 0.0174 e. The third kappa shape index (κ3) is 3.49. The molecule has 116 valence electrons. The molecule has 1 aliphatic carbocycles. The predicted molar refractivity (Wildman–Crippen MR) is 89.6 cm³/mol. The Morgan fingerprint density at radius 3 is 2.29 bits per heavy atom. The van der Waals surface area contributed by atoms with Crippen LogP contribution in [0.5, 0.6) is 0 Å². The minimum Gasteiger partial charge on any atom is -0.327 e. The van der Waals surface area contributed by atoms with Crippen LogP contribution in [-0.2, 0) is 0 Å². The van der Waals surface area contributed by atoms with Crippen molar-refractivity contribution in [2.45, 2.75) is 64.0 Å². The summed E-state index contributed by atoms with van der Waals surface area (Å²) in [5, 5.41) is 0. The van der Waals surface area contributed by atoms with Crippen molar-refractivity contribution in [1.82, 2.24) is 4.90 Å². The molecule has 3 unspecified atom stereocenters. The molecule has 1 saturated heterocycles. The number of hydrogen-bond donors (Lipinski definition) is 1. The highest BCUT2D eigenvalue weighted by molar-refractivity contribution is 5.28. The third-order valence-electron chi connectivity index (χ3n) is 5.47. The molecule has 3 rings (SSSR count). The summed E-state index contributed by atoms with van der Waals surface area (Å²) in [5.41, 5.74) is 9.25. The second kappa shape index (κ2) is 6.10. The van der Waals surface area contributed by atoms with E-state index in [2.05, 4.69) is 49.9 Å². The van der Waals surface area contributed by atoms with Crippen molar-refractivity contribution in [3.8, 4) is 0 Å². The van der Waals surface area contributed by atoms with E-state index in [1.807, 2.05) is 0 Å². The van der Waals surface area contributed by atoms with E-state index in [1.165, 1.54) is 30.5 Å². The quantitative estimate of drug-likeness (QED) is 0.914. The van der Waals surface area contributed by atoms with E-state index >= 15 is 0 Å². The molecular formula is C19H30N2. The zero-order valence-corrected chi connectivity index (χ0v) is 13.8. The second-order valence-electron chi connectivity index (χ2n) is 7.55. The minimum atomic E-state index is 0.328. The summed E-state index contributed by atoms with van der Waals surface area (Å²) in [4.78, 5) is 2.65. The van der Waals surface area contributed by atoms with E-state index in [9.17, 15) is 0 Å². The van der Waals surface area contributed by atoms with Gasteiger partial charge in [-0.15, -0.1) is 0 Å². The van der Waals surface area contributed by atoms with Crippen LogP contribution in [-0.4, -0.2) is 30.1 Å². The average molecular weight is 286 g/mol. The van der Waals surface area contributed by atoms with Gasteiger partial charge in [0.2, 0.25) is 0 Å². The molecule has 1 aromatic rings. The number of benzene rings is 1. The van der Waals surface area contributed by atoms with E-state index in [-0.39, 0.29) is 0 Å².